The number of carbonyl (C=O) groups is 2. The largest absolute Gasteiger partial charge is 0.480 e. The maximum absolute atomic E-state index is 12.2. The first-order valence-electron chi connectivity index (χ1n) is 6.69. The zero-order valence-corrected chi connectivity index (χ0v) is 12.0. The Hall–Kier alpha value is -2.67. The van der Waals surface area contributed by atoms with Gasteiger partial charge < -0.3 is 19.7 Å². The van der Waals surface area contributed by atoms with Crippen LogP contribution in [0.15, 0.2) is 34.9 Å². The highest BCUT2D eigenvalue weighted by molar-refractivity contribution is 6.00. The van der Waals surface area contributed by atoms with E-state index in [1.54, 1.807) is 6.92 Å². The SMILES string of the molecule is Cc1onc(-c2ccccc2)c1C(=O)NCCOCC(=O)O. The highest BCUT2D eigenvalue weighted by Gasteiger charge is 2.21. The summed E-state index contributed by atoms with van der Waals surface area (Å²) in [6.07, 6.45) is 0. The van der Waals surface area contributed by atoms with Crippen LogP contribution in [0.25, 0.3) is 11.3 Å². The third kappa shape index (κ3) is 3.92. The number of aryl methyl sites for hydroxylation is 1. The quantitative estimate of drug-likeness (QED) is 0.751. The van der Waals surface area contributed by atoms with E-state index in [1.165, 1.54) is 0 Å². The summed E-state index contributed by atoms with van der Waals surface area (Å²) < 4.78 is 9.96. The summed E-state index contributed by atoms with van der Waals surface area (Å²) in [5.74, 6) is -0.966. The lowest BCUT2D eigenvalue weighted by Crippen LogP contribution is -2.28. The van der Waals surface area contributed by atoms with Crippen molar-refractivity contribution in [1.29, 1.82) is 0 Å². The Labute approximate surface area is 126 Å². The van der Waals surface area contributed by atoms with Crippen LogP contribution in [0.1, 0.15) is 16.1 Å². The average Bonchev–Trinajstić information content (AvgIpc) is 2.89. The summed E-state index contributed by atoms with van der Waals surface area (Å²) in [4.78, 5) is 22.5. The van der Waals surface area contributed by atoms with Gasteiger partial charge in [0.1, 0.15) is 23.6 Å². The molecule has 0 bridgehead atoms. The molecule has 7 heteroatoms. The molecule has 2 N–H and O–H groups in total. The smallest absolute Gasteiger partial charge is 0.329 e. The number of ether oxygens (including phenoxy) is 1. The summed E-state index contributed by atoms with van der Waals surface area (Å²) >= 11 is 0. The van der Waals surface area contributed by atoms with E-state index in [0.29, 0.717) is 17.0 Å². The molecule has 116 valence electrons. The lowest BCUT2D eigenvalue weighted by atomic mass is 10.1. The number of benzene rings is 1. The first-order chi connectivity index (χ1) is 10.6. The molecule has 0 fully saturated rings. The highest BCUT2D eigenvalue weighted by Crippen LogP contribution is 2.24. The first kappa shape index (κ1) is 15.7. The van der Waals surface area contributed by atoms with Crippen LogP contribution in [0.2, 0.25) is 0 Å². The Morgan fingerprint density at radius 3 is 2.73 bits per heavy atom. The van der Waals surface area contributed by atoms with Crippen LogP contribution in [-0.2, 0) is 9.53 Å². The molecular formula is C15H16N2O5. The molecule has 0 aliphatic carbocycles. The van der Waals surface area contributed by atoms with E-state index >= 15 is 0 Å². The number of hydrogen-bond acceptors (Lipinski definition) is 5. The first-order valence-corrected chi connectivity index (χ1v) is 6.69. The number of aliphatic carboxylic acids is 1. The minimum atomic E-state index is -1.05. The fourth-order valence-corrected chi connectivity index (χ4v) is 1.92. The monoisotopic (exact) mass is 304 g/mol. The number of nitrogens with zero attached hydrogens (tertiary/aromatic N) is 1. The molecule has 1 amide bonds. The minimum Gasteiger partial charge on any atom is -0.480 e. The molecule has 0 aliphatic heterocycles. The van der Waals surface area contributed by atoms with Gasteiger partial charge in [-0.15, -0.1) is 0 Å². The molecule has 22 heavy (non-hydrogen) atoms. The van der Waals surface area contributed by atoms with Crippen molar-refractivity contribution in [3.05, 3.63) is 41.7 Å². The van der Waals surface area contributed by atoms with Crippen molar-refractivity contribution >= 4 is 11.9 Å². The van der Waals surface area contributed by atoms with Gasteiger partial charge in [0.25, 0.3) is 5.91 Å². The normalized spacial score (nSPS) is 10.4. The summed E-state index contributed by atoms with van der Waals surface area (Å²) in [6.45, 7) is 1.58. The van der Waals surface area contributed by atoms with E-state index < -0.39 is 12.6 Å². The second kappa shape index (κ2) is 7.37. The molecule has 0 radical (unpaired) electrons. The predicted octanol–water partition coefficient (Wildman–Crippen LogP) is 1.48. The van der Waals surface area contributed by atoms with Crippen LogP contribution in [0.5, 0.6) is 0 Å². The number of amides is 1. The summed E-state index contributed by atoms with van der Waals surface area (Å²) in [6, 6.07) is 9.24. The van der Waals surface area contributed by atoms with Gasteiger partial charge in [-0.05, 0) is 6.92 Å². The number of hydrogen-bond donors (Lipinski definition) is 2. The Bertz CT molecular complexity index is 651. The molecule has 0 saturated carbocycles. The number of aromatic nitrogens is 1. The molecule has 0 spiro atoms. The second-order valence-corrected chi connectivity index (χ2v) is 4.53. The molecular weight excluding hydrogens is 288 g/mol. The lowest BCUT2D eigenvalue weighted by Gasteiger charge is -2.06. The fourth-order valence-electron chi connectivity index (χ4n) is 1.92. The average molecular weight is 304 g/mol. The molecule has 0 atom stereocenters. The molecule has 2 rings (SSSR count). The van der Waals surface area contributed by atoms with E-state index in [9.17, 15) is 9.59 Å². The van der Waals surface area contributed by atoms with E-state index in [-0.39, 0.29) is 19.1 Å². The van der Waals surface area contributed by atoms with E-state index in [2.05, 4.69) is 10.5 Å². The maximum Gasteiger partial charge on any atom is 0.329 e. The Morgan fingerprint density at radius 2 is 2.05 bits per heavy atom. The third-order valence-electron chi connectivity index (χ3n) is 2.89. The molecule has 1 heterocycles. The molecule has 7 nitrogen and oxygen atoms in total. The van der Waals surface area contributed by atoms with Crippen LogP contribution in [0, 0.1) is 6.92 Å². The third-order valence-corrected chi connectivity index (χ3v) is 2.89. The van der Waals surface area contributed by atoms with Gasteiger partial charge in [-0.1, -0.05) is 35.5 Å². The van der Waals surface area contributed by atoms with Crippen molar-refractivity contribution < 1.29 is 24.0 Å². The zero-order chi connectivity index (χ0) is 15.9. The van der Waals surface area contributed by atoms with Gasteiger partial charge in [0, 0.05) is 12.1 Å². The van der Waals surface area contributed by atoms with Gasteiger partial charge in [0.2, 0.25) is 0 Å². The number of nitrogens with one attached hydrogen (secondary N) is 1. The van der Waals surface area contributed by atoms with Crippen molar-refractivity contribution in [2.24, 2.45) is 0 Å². The van der Waals surface area contributed by atoms with Crippen molar-refractivity contribution in [1.82, 2.24) is 10.5 Å². The maximum atomic E-state index is 12.2. The van der Waals surface area contributed by atoms with Crippen LogP contribution in [0.3, 0.4) is 0 Å². The van der Waals surface area contributed by atoms with Crippen LogP contribution >= 0.6 is 0 Å². The number of rotatable bonds is 7. The van der Waals surface area contributed by atoms with Gasteiger partial charge in [-0.3, -0.25) is 4.79 Å². The fraction of sp³-hybridized carbons (Fsp3) is 0.267. The zero-order valence-electron chi connectivity index (χ0n) is 12.0. The number of carbonyl (C=O) groups excluding carboxylic acids is 1. The Morgan fingerprint density at radius 1 is 1.32 bits per heavy atom. The van der Waals surface area contributed by atoms with Gasteiger partial charge in [0.05, 0.1) is 6.61 Å². The van der Waals surface area contributed by atoms with E-state index in [0.717, 1.165) is 5.56 Å². The summed E-state index contributed by atoms with van der Waals surface area (Å²) in [5.41, 5.74) is 1.62. The molecule has 0 aliphatic rings. The molecule has 0 saturated heterocycles. The number of carboxylic acids is 1. The molecule has 2 aromatic rings. The molecule has 0 unspecified atom stereocenters. The summed E-state index contributed by atoms with van der Waals surface area (Å²) in [5, 5.41) is 15.0. The van der Waals surface area contributed by atoms with Crippen LogP contribution in [-0.4, -0.2) is 41.9 Å². The van der Waals surface area contributed by atoms with Gasteiger partial charge in [-0.2, -0.15) is 0 Å². The van der Waals surface area contributed by atoms with Crippen molar-refractivity contribution in [2.45, 2.75) is 6.92 Å². The van der Waals surface area contributed by atoms with Gasteiger partial charge in [0.15, 0.2) is 0 Å². The minimum absolute atomic E-state index is 0.114. The highest BCUT2D eigenvalue weighted by atomic mass is 16.5. The van der Waals surface area contributed by atoms with Crippen molar-refractivity contribution in [3.63, 3.8) is 0 Å². The number of carboxylic acid groups (broad SMARTS) is 1. The van der Waals surface area contributed by atoms with E-state index in [1.807, 2.05) is 30.3 Å². The van der Waals surface area contributed by atoms with Crippen molar-refractivity contribution in [3.8, 4) is 11.3 Å². The standard InChI is InChI=1S/C15H16N2O5/c1-10-13(15(20)16-7-8-21-9-12(18)19)14(17-22-10)11-5-3-2-4-6-11/h2-6H,7-9H2,1H3,(H,16,20)(H,18,19). The van der Waals surface area contributed by atoms with Crippen LogP contribution in [0.4, 0.5) is 0 Å². The summed E-state index contributed by atoms with van der Waals surface area (Å²) in [7, 11) is 0. The van der Waals surface area contributed by atoms with E-state index in [4.69, 9.17) is 14.4 Å². The van der Waals surface area contributed by atoms with Gasteiger partial charge >= 0.3 is 5.97 Å². The Kier molecular flexibility index (Phi) is 5.26. The van der Waals surface area contributed by atoms with Crippen LogP contribution < -0.4 is 5.32 Å². The lowest BCUT2D eigenvalue weighted by molar-refractivity contribution is -0.142. The molecule has 1 aromatic heterocycles. The second-order valence-electron chi connectivity index (χ2n) is 4.53. The predicted molar refractivity (Wildman–Crippen MR) is 77.5 cm³/mol. The van der Waals surface area contributed by atoms with Crippen molar-refractivity contribution in [2.75, 3.05) is 19.8 Å². The molecule has 1 aromatic carbocycles. The topological polar surface area (TPSA) is 102 Å². The van der Waals surface area contributed by atoms with Gasteiger partial charge in [-0.25, -0.2) is 4.79 Å². The Balaban J connectivity index is 2.01.